The van der Waals surface area contributed by atoms with Gasteiger partial charge in [0.1, 0.15) is 11.4 Å². The van der Waals surface area contributed by atoms with Crippen molar-refractivity contribution in [1.82, 2.24) is 10.3 Å². The van der Waals surface area contributed by atoms with Crippen LogP contribution in [-0.2, 0) is 0 Å². The van der Waals surface area contributed by atoms with Crippen LogP contribution in [0.2, 0.25) is 0 Å². The van der Waals surface area contributed by atoms with Crippen LogP contribution in [0.5, 0.6) is 5.75 Å². The van der Waals surface area contributed by atoms with Gasteiger partial charge in [-0.15, -0.1) is 0 Å². The summed E-state index contributed by atoms with van der Waals surface area (Å²) in [6.45, 7) is 4.01. The number of ether oxygens (including phenoxy) is 1. The predicted molar refractivity (Wildman–Crippen MR) is 104 cm³/mol. The average molecular weight is 353 g/mol. The van der Waals surface area contributed by atoms with Crippen LogP contribution in [0.4, 0.5) is 11.4 Å². The summed E-state index contributed by atoms with van der Waals surface area (Å²) in [7, 11) is 0. The molecule has 5 heteroatoms. The largest absolute Gasteiger partial charge is 0.491 e. The molecule has 0 unspecified atom stereocenters. The first-order valence-electron chi connectivity index (χ1n) is 9.41. The van der Waals surface area contributed by atoms with Crippen molar-refractivity contribution in [2.75, 3.05) is 5.32 Å². The number of carbonyl (C=O) groups is 1. The van der Waals surface area contributed by atoms with Gasteiger partial charge in [0.05, 0.1) is 6.10 Å². The van der Waals surface area contributed by atoms with E-state index < -0.39 is 0 Å². The lowest BCUT2D eigenvalue weighted by Gasteiger charge is -2.22. The first kappa shape index (κ1) is 18.2. The van der Waals surface area contributed by atoms with Crippen LogP contribution in [-0.4, -0.2) is 23.0 Å². The number of rotatable bonds is 6. The second-order valence-electron chi connectivity index (χ2n) is 7.05. The van der Waals surface area contributed by atoms with Crippen molar-refractivity contribution < 1.29 is 9.53 Å². The Bertz CT molecular complexity index is 722. The minimum absolute atomic E-state index is 0.0961. The summed E-state index contributed by atoms with van der Waals surface area (Å²) in [5.41, 5.74) is 2.22. The van der Waals surface area contributed by atoms with Crippen LogP contribution in [0.1, 0.15) is 56.4 Å². The molecular formula is C21H27N3O2. The quantitative estimate of drug-likeness (QED) is 0.792. The first-order valence-corrected chi connectivity index (χ1v) is 9.41. The molecule has 0 bridgehead atoms. The van der Waals surface area contributed by atoms with E-state index in [0.29, 0.717) is 5.69 Å². The number of nitrogens with one attached hydrogen (secondary N) is 2. The molecule has 26 heavy (non-hydrogen) atoms. The Hall–Kier alpha value is -2.56. The minimum atomic E-state index is -0.0961. The smallest absolute Gasteiger partial charge is 0.270 e. The Balaban J connectivity index is 1.62. The van der Waals surface area contributed by atoms with Gasteiger partial charge in [-0.3, -0.25) is 9.78 Å². The van der Waals surface area contributed by atoms with Gasteiger partial charge in [0.15, 0.2) is 0 Å². The highest BCUT2D eigenvalue weighted by molar-refractivity contribution is 5.93. The maximum atomic E-state index is 12.4. The second-order valence-corrected chi connectivity index (χ2v) is 7.05. The van der Waals surface area contributed by atoms with Gasteiger partial charge in [0.25, 0.3) is 5.91 Å². The minimum Gasteiger partial charge on any atom is -0.491 e. The third-order valence-corrected chi connectivity index (χ3v) is 4.45. The molecule has 0 radical (unpaired) electrons. The molecule has 0 saturated heterocycles. The molecule has 3 rings (SSSR count). The third kappa shape index (κ3) is 5.22. The number of carbonyl (C=O) groups excluding carboxylic acids is 1. The van der Waals surface area contributed by atoms with E-state index in [2.05, 4.69) is 15.6 Å². The normalized spacial score (nSPS) is 14.9. The molecule has 1 amide bonds. The Morgan fingerprint density at radius 2 is 1.81 bits per heavy atom. The van der Waals surface area contributed by atoms with Crippen molar-refractivity contribution in [3.05, 3.63) is 48.3 Å². The van der Waals surface area contributed by atoms with E-state index in [4.69, 9.17) is 4.74 Å². The highest BCUT2D eigenvalue weighted by Gasteiger charge is 2.17. The van der Waals surface area contributed by atoms with Crippen LogP contribution in [0, 0.1) is 0 Å². The molecule has 1 aliphatic rings. The van der Waals surface area contributed by atoms with E-state index in [1.54, 1.807) is 12.3 Å². The van der Waals surface area contributed by atoms with Crippen LogP contribution >= 0.6 is 0 Å². The molecule has 1 saturated carbocycles. The number of aromatic nitrogens is 1. The molecule has 1 aromatic heterocycles. The van der Waals surface area contributed by atoms with E-state index >= 15 is 0 Å². The van der Waals surface area contributed by atoms with Crippen molar-refractivity contribution in [1.29, 1.82) is 0 Å². The lowest BCUT2D eigenvalue weighted by atomic mass is 9.95. The summed E-state index contributed by atoms with van der Waals surface area (Å²) in [5.74, 6) is 0.744. The standard InChI is InChI=1S/C21H27N3O2/c1-15(2)26-19-10-8-17(9-11-19)23-18-12-13-22-20(14-18)21(25)24-16-6-4-3-5-7-16/h8-16H,3-7H2,1-2H3,(H,22,23)(H,24,25). The molecule has 1 aromatic carbocycles. The zero-order chi connectivity index (χ0) is 18.4. The number of pyridine rings is 1. The van der Waals surface area contributed by atoms with E-state index in [-0.39, 0.29) is 18.1 Å². The van der Waals surface area contributed by atoms with Crippen molar-refractivity contribution in [2.45, 2.75) is 58.1 Å². The molecule has 2 N–H and O–H groups in total. The maximum absolute atomic E-state index is 12.4. The molecule has 0 spiro atoms. The molecule has 1 aliphatic carbocycles. The SMILES string of the molecule is CC(C)Oc1ccc(Nc2ccnc(C(=O)NC3CCCCC3)c2)cc1. The average Bonchev–Trinajstić information content (AvgIpc) is 2.64. The summed E-state index contributed by atoms with van der Waals surface area (Å²) < 4.78 is 5.65. The highest BCUT2D eigenvalue weighted by Crippen LogP contribution is 2.21. The summed E-state index contributed by atoms with van der Waals surface area (Å²) in [6.07, 6.45) is 7.59. The van der Waals surface area contributed by atoms with Crippen LogP contribution in [0.25, 0.3) is 0 Å². The molecule has 2 aromatic rings. The first-order chi connectivity index (χ1) is 12.6. The van der Waals surface area contributed by atoms with Crippen molar-refractivity contribution in [3.8, 4) is 5.75 Å². The number of anilines is 2. The number of hydrogen-bond donors (Lipinski definition) is 2. The fraction of sp³-hybridized carbons (Fsp3) is 0.429. The molecular weight excluding hydrogens is 326 g/mol. The van der Waals surface area contributed by atoms with Crippen LogP contribution in [0.3, 0.4) is 0 Å². The maximum Gasteiger partial charge on any atom is 0.270 e. The van der Waals surface area contributed by atoms with E-state index in [1.807, 2.05) is 44.2 Å². The van der Waals surface area contributed by atoms with Crippen molar-refractivity contribution >= 4 is 17.3 Å². The molecule has 1 fully saturated rings. The molecule has 138 valence electrons. The number of amides is 1. The van der Waals surface area contributed by atoms with Gasteiger partial charge in [0.2, 0.25) is 0 Å². The summed E-state index contributed by atoms with van der Waals surface area (Å²) in [6, 6.07) is 11.7. The second kappa shape index (κ2) is 8.70. The van der Waals surface area contributed by atoms with E-state index in [0.717, 1.165) is 30.0 Å². The van der Waals surface area contributed by atoms with Gasteiger partial charge in [0, 0.05) is 23.6 Å². The Morgan fingerprint density at radius 1 is 1.08 bits per heavy atom. The van der Waals surface area contributed by atoms with Gasteiger partial charge in [-0.1, -0.05) is 19.3 Å². The van der Waals surface area contributed by atoms with Crippen LogP contribution in [0.15, 0.2) is 42.6 Å². The van der Waals surface area contributed by atoms with E-state index in [1.165, 1.54) is 19.3 Å². The Kier molecular flexibility index (Phi) is 6.10. The number of hydrogen-bond acceptors (Lipinski definition) is 4. The third-order valence-electron chi connectivity index (χ3n) is 4.45. The number of nitrogens with zero attached hydrogens (tertiary/aromatic N) is 1. The summed E-state index contributed by atoms with van der Waals surface area (Å²) in [5, 5.41) is 6.41. The fourth-order valence-corrected chi connectivity index (χ4v) is 3.19. The molecule has 0 atom stereocenters. The predicted octanol–water partition coefficient (Wildman–Crippen LogP) is 4.67. The van der Waals surface area contributed by atoms with Gasteiger partial charge < -0.3 is 15.4 Å². The lowest BCUT2D eigenvalue weighted by molar-refractivity contribution is 0.0922. The number of benzene rings is 1. The zero-order valence-corrected chi connectivity index (χ0v) is 15.5. The fourth-order valence-electron chi connectivity index (χ4n) is 3.19. The Labute approximate surface area is 155 Å². The molecule has 1 heterocycles. The van der Waals surface area contributed by atoms with Crippen molar-refractivity contribution in [3.63, 3.8) is 0 Å². The monoisotopic (exact) mass is 353 g/mol. The summed E-state index contributed by atoms with van der Waals surface area (Å²) >= 11 is 0. The topological polar surface area (TPSA) is 63.2 Å². The van der Waals surface area contributed by atoms with Gasteiger partial charge in [-0.05, 0) is 63.1 Å². The summed E-state index contributed by atoms with van der Waals surface area (Å²) in [4.78, 5) is 16.7. The Morgan fingerprint density at radius 3 is 2.50 bits per heavy atom. The van der Waals surface area contributed by atoms with Crippen LogP contribution < -0.4 is 15.4 Å². The van der Waals surface area contributed by atoms with E-state index in [9.17, 15) is 4.79 Å². The van der Waals surface area contributed by atoms with Gasteiger partial charge in [-0.25, -0.2) is 0 Å². The van der Waals surface area contributed by atoms with Gasteiger partial charge in [-0.2, -0.15) is 0 Å². The molecule has 5 nitrogen and oxygen atoms in total. The zero-order valence-electron chi connectivity index (χ0n) is 15.5. The van der Waals surface area contributed by atoms with Gasteiger partial charge >= 0.3 is 0 Å². The molecule has 0 aliphatic heterocycles. The highest BCUT2D eigenvalue weighted by atomic mass is 16.5. The van der Waals surface area contributed by atoms with Crippen molar-refractivity contribution in [2.24, 2.45) is 0 Å². The lowest BCUT2D eigenvalue weighted by Crippen LogP contribution is -2.36.